The van der Waals surface area contributed by atoms with Crippen LogP contribution in [0, 0.1) is 17.0 Å². The largest absolute Gasteiger partial charge is 0.457 e. The average Bonchev–Trinajstić information content (AvgIpc) is 2.77. The van der Waals surface area contributed by atoms with E-state index in [0.717, 1.165) is 0 Å². The Bertz CT molecular complexity index is 1410. The third-order valence-corrected chi connectivity index (χ3v) is 5.21. The average molecular weight is 496 g/mol. The summed E-state index contributed by atoms with van der Waals surface area (Å²) >= 11 is 3.38. The second-order valence-corrected chi connectivity index (χ2v) is 7.55. The van der Waals surface area contributed by atoms with Crippen LogP contribution in [0.25, 0.3) is 11.0 Å². The summed E-state index contributed by atoms with van der Waals surface area (Å²) in [4.78, 5) is 35.5. The second-order valence-electron chi connectivity index (χ2n) is 6.70. The van der Waals surface area contributed by atoms with Crippen LogP contribution in [0.1, 0.15) is 16.1 Å². The molecule has 0 radical (unpaired) electrons. The first kappa shape index (κ1) is 21.3. The number of carbonyl (C=O) groups excluding carboxylic acids is 1. The molecule has 9 heteroatoms. The molecule has 0 atom stereocenters. The SMILES string of the molecule is Cc1oc2cc(OC(=O)c3ccc([N+](=O)[O-])cc3)ccc2c(=O)c1Oc1ccccc1Br. The quantitative estimate of drug-likeness (QED) is 0.149. The fraction of sp³-hybridized carbons (Fsp3) is 0.0435. The molecule has 0 aliphatic heterocycles. The number of ether oxygens (including phenoxy) is 2. The molecule has 0 aliphatic rings. The van der Waals surface area contributed by atoms with Crippen molar-refractivity contribution >= 4 is 38.6 Å². The number of carbonyl (C=O) groups is 1. The van der Waals surface area contributed by atoms with E-state index < -0.39 is 10.9 Å². The maximum Gasteiger partial charge on any atom is 0.343 e. The number of hydrogen-bond acceptors (Lipinski definition) is 7. The molecule has 0 amide bonds. The van der Waals surface area contributed by atoms with Crippen molar-refractivity contribution in [3.8, 4) is 17.2 Å². The summed E-state index contributed by atoms with van der Waals surface area (Å²) in [5, 5.41) is 11.0. The Hall–Kier alpha value is -3.98. The molecule has 0 unspecified atom stereocenters. The minimum Gasteiger partial charge on any atom is -0.457 e. The Morgan fingerprint density at radius 1 is 1.06 bits per heavy atom. The molecule has 160 valence electrons. The van der Waals surface area contributed by atoms with Crippen LogP contribution in [0.15, 0.2) is 80.4 Å². The monoisotopic (exact) mass is 495 g/mol. The van der Waals surface area contributed by atoms with Gasteiger partial charge in [-0.25, -0.2) is 4.79 Å². The molecular formula is C23H14BrNO7. The highest BCUT2D eigenvalue weighted by Crippen LogP contribution is 2.31. The third-order valence-electron chi connectivity index (χ3n) is 4.56. The Kier molecular flexibility index (Phi) is 5.74. The van der Waals surface area contributed by atoms with E-state index in [2.05, 4.69) is 15.9 Å². The van der Waals surface area contributed by atoms with Crippen molar-refractivity contribution in [2.45, 2.75) is 6.92 Å². The zero-order chi connectivity index (χ0) is 22.8. The van der Waals surface area contributed by atoms with E-state index in [9.17, 15) is 19.7 Å². The molecule has 0 fully saturated rings. The molecule has 0 saturated carbocycles. The van der Waals surface area contributed by atoms with E-state index in [0.29, 0.717) is 10.2 Å². The molecular weight excluding hydrogens is 482 g/mol. The van der Waals surface area contributed by atoms with Crippen LogP contribution in [-0.4, -0.2) is 10.9 Å². The van der Waals surface area contributed by atoms with Gasteiger partial charge < -0.3 is 13.9 Å². The number of nitro benzene ring substituents is 1. The van der Waals surface area contributed by atoms with Gasteiger partial charge in [0.15, 0.2) is 0 Å². The number of fused-ring (bicyclic) bond motifs is 1. The summed E-state index contributed by atoms with van der Waals surface area (Å²) in [5.74, 6) is 0.239. The van der Waals surface area contributed by atoms with E-state index >= 15 is 0 Å². The van der Waals surface area contributed by atoms with E-state index in [1.165, 1.54) is 42.5 Å². The number of para-hydroxylation sites is 1. The number of esters is 1. The summed E-state index contributed by atoms with van der Waals surface area (Å²) in [6, 6.07) is 16.5. The fourth-order valence-corrected chi connectivity index (χ4v) is 3.34. The number of halogens is 1. The Balaban J connectivity index is 1.62. The van der Waals surface area contributed by atoms with Crippen LogP contribution in [-0.2, 0) is 0 Å². The third kappa shape index (κ3) is 4.23. The van der Waals surface area contributed by atoms with Gasteiger partial charge in [0, 0.05) is 18.2 Å². The minimum atomic E-state index is -0.702. The smallest absolute Gasteiger partial charge is 0.343 e. The first-order valence-corrected chi connectivity index (χ1v) is 10.1. The standard InChI is InChI=1S/C23H14BrNO7/c1-13-22(32-19-5-3-2-4-18(19)24)21(26)17-11-10-16(12-20(17)30-13)31-23(27)14-6-8-15(9-7-14)25(28)29/h2-12H,1H3. The van der Waals surface area contributed by atoms with Crippen LogP contribution in [0.5, 0.6) is 17.2 Å². The lowest BCUT2D eigenvalue weighted by Crippen LogP contribution is -2.10. The maximum absolute atomic E-state index is 12.9. The van der Waals surface area contributed by atoms with Gasteiger partial charge in [-0.3, -0.25) is 14.9 Å². The molecule has 8 nitrogen and oxygen atoms in total. The van der Waals surface area contributed by atoms with Gasteiger partial charge in [0.25, 0.3) is 5.69 Å². The van der Waals surface area contributed by atoms with Gasteiger partial charge in [-0.1, -0.05) is 12.1 Å². The van der Waals surface area contributed by atoms with E-state index in [-0.39, 0.29) is 44.9 Å². The van der Waals surface area contributed by atoms with Crippen LogP contribution in [0.2, 0.25) is 0 Å². The summed E-state index contributed by atoms with van der Waals surface area (Å²) < 4.78 is 17.5. The van der Waals surface area contributed by atoms with Crippen molar-refractivity contribution in [2.24, 2.45) is 0 Å². The Morgan fingerprint density at radius 2 is 1.78 bits per heavy atom. The molecule has 0 saturated heterocycles. The number of hydrogen-bond donors (Lipinski definition) is 0. The van der Waals surface area contributed by atoms with E-state index in [4.69, 9.17) is 13.9 Å². The summed E-state index contributed by atoms with van der Waals surface area (Å²) in [5.41, 5.74) is -0.135. The molecule has 4 aromatic rings. The van der Waals surface area contributed by atoms with Crippen molar-refractivity contribution in [2.75, 3.05) is 0 Å². The zero-order valence-corrected chi connectivity index (χ0v) is 18.1. The summed E-state index contributed by atoms with van der Waals surface area (Å²) in [6.45, 7) is 1.60. The molecule has 0 spiro atoms. The van der Waals surface area contributed by atoms with E-state index in [1.807, 2.05) is 6.07 Å². The van der Waals surface area contributed by atoms with Gasteiger partial charge in [0.2, 0.25) is 11.2 Å². The fourth-order valence-electron chi connectivity index (χ4n) is 2.97. The first-order chi connectivity index (χ1) is 15.3. The van der Waals surface area contributed by atoms with Crippen LogP contribution in [0.3, 0.4) is 0 Å². The molecule has 32 heavy (non-hydrogen) atoms. The van der Waals surface area contributed by atoms with Crippen molar-refractivity contribution in [1.29, 1.82) is 0 Å². The van der Waals surface area contributed by atoms with Crippen LogP contribution < -0.4 is 14.9 Å². The van der Waals surface area contributed by atoms with Crippen LogP contribution in [0.4, 0.5) is 5.69 Å². The molecule has 0 aliphatic carbocycles. The maximum atomic E-state index is 12.9. The predicted octanol–water partition coefficient (Wildman–Crippen LogP) is 5.78. The number of aryl methyl sites for hydroxylation is 1. The van der Waals surface area contributed by atoms with Gasteiger partial charge >= 0.3 is 5.97 Å². The minimum absolute atomic E-state index is 0.0556. The number of non-ortho nitro benzene ring substituents is 1. The number of nitrogens with zero attached hydrogens (tertiary/aromatic N) is 1. The van der Waals surface area contributed by atoms with E-state index in [1.54, 1.807) is 25.1 Å². The highest BCUT2D eigenvalue weighted by molar-refractivity contribution is 9.10. The molecule has 0 bridgehead atoms. The lowest BCUT2D eigenvalue weighted by molar-refractivity contribution is -0.384. The predicted molar refractivity (Wildman–Crippen MR) is 119 cm³/mol. The number of benzene rings is 3. The lowest BCUT2D eigenvalue weighted by Gasteiger charge is -2.11. The molecule has 1 heterocycles. The lowest BCUT2D eigenvalue weighted by atomic mass is 10.2. The van der Waals surface area contributed by atoms with Crippen LogP contribution >= 0.6 is 15.9 Å². The Labute approximate surface area is 189 Å². The highest BCUT2D eigenvalue weighted by Gasteiger charge is 2.17. The van der Waals surface area contributed by atoms with Gasteiger partial charge in [-0.05, 0) is 59.3 Å². The van der Waals surface area contributed by atoms with Crippen molar-refractivity contribution < 1.29 is 23.6 Å². The molecule has 4 rings (SSSR count). The van der Waals surface area contributed by atoms with Gasteiger partial charge in [-0.2, -0.15) is 0 Å². The normalized spacial score (nSPS) is 10.7. The summed E-state index contributed by atoms with van der Waals surface area (Å²) in [6.07, 6.45) is 0. The van der Waals surface area contributed by atoms with Crippen molar-refractivity contribution in [3.63, 3.8) is 0 Å². The zero-order valence-electron chi connectivity index (χ0n) is 16.5. The molecule has 3 aromatic carbocycles. The first-order valence-electron chi connectivity index (χ1n) is 9.30. The molecule has 0 N–H and O–H groups in total. The number of rotatable bonds is 5. The highest BCUT2D eigenvalue weighted by atomic mass is 79.9. The van der Waals surface area contributed by atoms with Gasteiger partial charge in [0.05, 0.1) is 20.3 Å². The van der Waals surface area contributed by atoms with Crippen molar-refractivity contribution in [1.82, 2.24) is 0 Å². The second kappa shape index (κ2) is 8.64. The molecule has 1 aromatic heterocycles. The van der Waals surface area contributed by atoms with Crippen molar-refractivity contribution in [3.05, 3.63) is 103 Å². The number of nitro groups is 1. The Morgan fingerprint density at radius 3 is 2.47 bits per heavy atom. The summed E-state index contributed by atoms with van der Waals surface area (Å²) in [7, 11) is 0. The van der Waals surface area contributed by atoms with Gasteiger partial charge in [-0.15, -0.1) is 0 Å². The topological polar surface area (TPSA) is 109 Å². The van der Waals surface area contributed by atoms with Gasteiger partial charge in [0.1, 0.15) is 22.8 Å².